The second-order valence-corrected chi connectivity index (χ2v) is 5.93. The van der Waals surface area contributed by atoms with E-state index in [-0.39, 0.29) is 0 Å². The molecule has 0 spiro atoms. The fourth-order valence-electron chi connectivity index (χ4n) is 3.47. The van der Waals surface area contributed by atoms with E-state index < -0.39 is 5.91 Å². The molecule has 2 heterocycles. The number of nitrogen functional groups attached to an aromatic ring is 1. The summed E-state index contributed by atoms with van der Waals surface area (Å²) in [6.45, 7) is 5.46. The zero-order valence-electron chi connectivity index (χ0n) is 11.9. The molecule has 20 heavy (non-hydrogen) atoms. The van der Waals surface area contributed by atoms with Gasteiger partial charge in [-0.15, -0.1) is 0 Å². The Kier molecular flexibility index (Phi) is 3.30. The Bertz CT molecular complexity index is 531. The average molecular weight is 274 g/mol. The van der Waals surface area contributed by atoms with Gasteiger partial charge in [0.1, 0.15) is 0 Å². The van der Waals surface area contributed by atoms with Gasteiger partial charge in [-0.1, -0.05) is 0 Å². The van der Waals surface area contributed by atoms with Gasteiger partial charge in [-0.05, 0) is 44.5 Å². The lowest BCUT2D eigenvalue weighted by Gasteiger charge is -2.44. The molecule has 0 bridgehead atoms. The Morgan fingerprint density at radius 1 is 1.35 bits per heavy atom. The van der Waals surface area contributed by atoms with E-state index in [0.29, 0.717) is 23.3 Å². The summed E-state index contributed by atoms with van der Waals surface area (Å²) in [5, 5.41) is 0. The Balaban J connectivity index is 1.91. The average Bonchev–Trinajstić information content (AvgIpc) is 2.85. The fourth-order valence-corrected chi connectivity index (χ4v) is 3.47. The van der Waals surface area contributed by atoms with Crippen LogP contribution in [0.4, 0.5) is 11.4 Å². The summed E-state index contributed by atoms with van der Waals surface area (Å²) in [6, 6.07) is 6.32. The number of benzene rings is 1. The van der Waals surface area contributed by atoms with Gasteiger partial charge in [0, 0.05) is 30.7 Å². The van der Waals surface area contributed by atoms with Crippen molar-refractivity contribution in [2.75, 3.05) is 30.3 Å². The van der Waals surface area contributed by atoms with E-state index in [9.17, 15) is 4.79 Å². The van der Waals surface area contributed by atoms with Crippen molar-refractivity contribution in [2.24, 2.45) is 5.73 Å². The third-order valence-corrected chi connectivity index (χ3v) is 4.56. The highest BCUT2D eigenvalue weighted by Gasteiger charge is 2.35. The first kappa shape index (κ1) is 13.2. The molecule has 5 nitrogen and oxygen atoms in total. The van der Waals surface area contributed by atoms with Crippen molar-refractivity contribution in [3.63, 3.8) is 0 Å². The van der Waals surface area contributed by atoms with Crippen LogP contribution in [0.1, 0.15) is 30.1 Å². The number of primary amides is 1. The molecule has 2 saturated heterocycles. The highest BCUT2D eigenvalue weighted by molar-refractivity contribution is 5.95. The molecule has 108 valence electrons. The van der Waals surface area contributed by atoms with Gasteiger partial charge in [0.2, 0.25) is 5.91 Å². The van der Waals surface area contributed by atoms with E-state index >= 15 is 0 Å². The minimum Gasteiger partial charge on any atom is -0.397 e. The van der Waals surface area contributed by atoms with Crippen LogP contribution in [0.15, 0.2) is 18.2 Å². The SMILES string of the molecule is CC1CN2CCCC2CN1c1cc(C(N)=O)ccc1N. The zero-order chi connectivity index (χ0) is 14.3. The molecule has 2 unspecified atom stereocenters. The molecule has 4 N–H and O–H groups in total. The molecular formula is C15H22N4O. The van der Waals surface area contributed by atoms with Gasteiger partial charge >= 0.3 is 0 Å². The standard InChI is InChI=1S/C15H22N4O/c1-10-8-18-6-2-3-12(18)9-19(10)14-7-11(15(17)20)4-5-13(14)16/h4-5,7,10,12H,2-3,6,8-9,16H2,1H3,(H2,17,20). The lowest BCUT2D eigenvalue weighted by molar-refractivity contribution is 0.100. The molecule has 1 amide bonds. The number of hydrogen-bond donors (Lipinski definition) is 2. The molecular weight excluding hydrogens is 252 g/mol. The lowest BCUT2D eigenvalue weighted by Crippen LogP contribution is -2.55. The summed E-state index contributed by atoms with van der Waals surface area (Å²) in [5.74, 6) is -0.404. The molecule has 5 heteroatoms. The summed E-state index contributed by atoms with van der Waals surface area (Å²) in [4.78, 5) is 16.3. The first-order chi connectivity index (χ1) is 9.56. The molecule has 2 fully saturated rings. The third-order valence-electron chi connectivity index (χ3n) is 4.56. The van der Waals surface area contributed by atoms with Crippen molar-refractivity contribution in [3.05, 3.63) is 23.8 Å². The van der Waals surface area contributed by atoms with Gasteiger partial charge < -0.3 is 16.4 Å². The maximum atomic E-state index is 11.4. The minimum absolute atomic E-state index is 0.398. The number of fused-ring (bicyclic) bond motifs is 1. The first-order valence-corrected chi connectivity index (χ1v) is 7.26. The van der Waals surface area contributed by atoms with Crippen LogP contribution in [0.25, 0.3) is 0 Å². The van der Waals surface area contributed by atoms with Crippen LogP contribution in [0.5, 0.6) is 0 Å². The summed E-state index contributed by atoms with van der Waals surface area (Å²) < 4.78 is 0. The Morgan fingerprint density at radius 3 is 2.90 bits per heavy atom. The number of anilines is 2. The molecule has 0 aliphatic carbocycles. The second-order valence-electron chi connectivity index (χ2n) is 5.93. The molecule has 0 saturated carbocycles. The number of amides is 1. The van der Waals surface area contributed by atoms with Crippen molar-refractivity contribution < 1.29 is 4.79 Å². The number of hydrogen-bond acceptors (Lipinski definition) is 4. The van der Waals surface area contributed by atoms with Crippen LogP contribution in [0.2, 0.25) is 0 Å². The van der Waals surface area contributed by atoms with Gasteiger partial charge in [0.25, 0.3) is 0 Å². The second kappa shape index (κ2) is 4.98. The highest BCUT2D eigenvalue weighted by atomic mass is 16.1. The molecule has 1 aromatic rings. The van der Waals surface area contributed by atoms with E-state index in [4.69, 9.17) is 11.5 Å². The van der Waals surface area contributed by atoms with E-state index in [1.54, 1.807) is 12.1 Å². The molecule has 2 aliphatic heterocycles. The van der Waals surface area contributed by atoms with Gasteiger partial charge in [0.05, 0.1) is 11.4 Å². The van der Waals surface area contributed by atoms with Crippen LogP contribution in [0.3, 0.4) is 0 Å². The Morgan fingerprint density at radius 2 is 2.15 bits per heavy atom. The number of nitrogens with two attached hydrogens (primary N) is 2. The quantitative estimate of drug-likeness (QED) is 0.790. The predicted molar refractivity (Wildman–Crippen MR) is 80.8 cm³/mol. The fraction of sp³-hybridized carbons (Fsp3) is 0.533. The predicted octanol–water partition coefficient (Wildman–Crippen LogP) is 1.04. The number of nitrogens with zero attached hydrogens (tertiary/aromatic N) is 2. The van der Waals surface area contributed by atoms with E-state index in [1.807, 2.05) is 6.07 Å². The molecule has 1 aromatic carbocycles. The van der Waals surface area contributed by atoms with Gasteiger partial charge in [-0.25, -0.2) is 0 Å². The molecule has 2 atom stereocenters. The highest BCUT2D eigenvalue weighted by Crippen LogP contribution is 2.32. The normalized spacial score (nSPS) is 26.6. The van der Waals surface area contributed by atoms with Crippen molar-refractivity contribution in [2.45, 2.75) is 31.8 Å². The number of carbonyl (C=O) groups excluding carboxylic acids is 1. The van der Waals surface area contributed by atoms with Crippen molar-refractivity contribution in [3.8, 4) is 0 Å². The van der Waals surface area contributed by atoms with Crippen molar-refractivity contribution >= 4 is 17.3 Å². The maximum absolute atomic E-state index is 11.4. The minimum atomic E-state index is -0.404. The molecule has 0 aromatic heterocycles. The zero-order valence-corrected chi connectivity index (χ0v) is 11.9. The van der Waals surface area contributed by atoms with Crippen molar-refractivity contribution in [1.29, 1.82) is 0 Å². The topological polar surface area (TPSA) is 75.6 Å². The smallest absolute Gasteiger partial charge is 0.248 e. The van der Waals surface area contributed by atoms with Crippen molar-refractivity contribution in [1.82, 2.24) is 4.90 Å². The number of carbonyl (C=O) groups is 1. The van der Waals surface area contributed by atoms with Crippen LogP contribution < -0.4 is 16.4 Å². The van der Waals surface area contributed by atoms with Gasteiger partial charge in [-0.3, -0.25) is 9.69 Å². The molecule has 0 radical (unpaired) electrons. The largest absolute Gasteiger partial charge is 0.397 e. The Hall–Kier alpha value is -1.75. The van der Waals surface area contributed by atoms with Crippen LogP contribution in [-0.4, -0.2) is 42.5 Å². The van der Waals surface area contributed by atoms with Gasteiger partial charge in [-0.2, -0.15) is 0 Å². The number of piperazine rings is 1. The first-order valence-electron chi connectivity index (χ1n) is 7.26. The lowest BCUT2D eigenvalue weighted by atomic mass is 10.0. The van der Waals surface area contributed by atoms with Crippen LogP contribution in [-0.2, 0) is 0 Å². The van der Waals surface area contributed by atoms with E-state index in [0.717, 1.165) is 18.8 Å². The third kappa shape index (κ3) is 2.22. The summed E-state index contributed by atoms with van der Waals surface area (Å²) in [5.41, 5.74) is 13.7. The Labute approximate surface area is 119 Å². The monoisotopic (exact) mass is 274 g/mol. The summed E-state index contributed by atoms with van der Waals surface area (Å²) in [6.07, 6.45) is 2.53. The van der Waals surface area contributed by atoms with Crippen LogP contribution >= 0.6 is 0 Å². The van der Waals surface area contributed by atoms with Gasteiger partial charge in [0.15, 0.2) is 0 Å². The maximum Gasteiger partial charge on any atom is 0.248 e. The molecule has 2 aliphatic rings. The molecule has 3 rings (SSSR count). The summed E-state index contributed by atoms with van der Waals surface area (Å²) in [7, 11) is 0. The number of rotatable bonds is 2. The summed E-state index contributed by atoms with van der Waals surface area (Å²) >= 11 is 0. The van der Waals surface area contributed by atoms with Crippen LogP contribution in [0, 0.1) is 0 Å². The van der Waals surface area contributed by atoms with E-state index in [1.165, 1.54) is 19.4 Å². The van der Waals surface area contributed by atoms with E-state index in [2.05, 4.69) is 16.7 Å².